The minimum Gasteiger partial charge on any atom is -0.457 e. The van der Waals surface area contributed by atoms with E-state index < -0.39 is 0 Å². The number of piperidine rings is 1. The van der Waals surface area contributed by atoms with Crippen LogP contribution in [0.5, 0.6) is 11.5 Å². The molecule has 0 bridgehead atoms. The number of carbonyl (C=O) groups is 1. The second-order valence-corrected chi connectivity index (χ2v) is 7.20. The minimum atomic E-state index is 0.00230. The van der Waals surface area contributed by atoms with E-state index in [2.05, 4.69) is 11.2 Å². The Morgan fingerprint density at radius 1 is 1.14 bits per heavy atom. The van der Waals surface area contributed by atoms with Crippen LogP contribution in [0.25, 0.3) is 0 Å². The number of carbonyl (C=O) groups excluding carboxylic acids is 1. The smallest absolute Gasteiger partial charge is 0.253 e. The lowest BCUT2D eigenvalue weighted by atomic mass is 9.93. The number of likely N-dealkylation sites (tertiary alicyclic amines) is 1. The molecule has 0 atom stereocenters. The second-order valence-electron chi connectivity index (χ2n) is 7.20. The Hall–Kier alpha value is -3.59. The van der Waals surface area contributed by atoms with Crippen LogP contribution in [0.3, 0.4) is 0 Å². The van der Waals surface area contributed by atoms with Gasteiger partial charge < -0.3 is 14.2 Å². The third kappa shape index (κ3) is 4.30. The molecular weight excluding hydrogens is 366 g/mol. The van der Waals surface area contributed by atoms with Gasteiger partial charge >= 0.3 is 0 Å². The second kappa shape index (κ2) is 8.19. The molecule has 1 amide bonds. The van der Waals surface area contributed by atoms with E-state index >= 15 is 0 Å². The van der Waals surface area contributed by atoms with Crippen molar-refractivity contribution >= 4 is 5.91 Å². The molecule has 1 fully saturated rings. The number of benzene rings is 2. The average molecular weight is 387 g/mol. The Labute approximate surface area is 169 Å². The quantitative estimate of drug-likeness (QED) is 0.650. The number of nitrogens with zero attached hydrogens (tertiary/aromatic N) is 3. The molecule has 2 heterocycles. The molecule has 6 nitrogen and oxygen atoms in total. The van der Waals surface area contributed by atoms with E-state index in [9.17, 15) is 4.79 Å². The zero-order valence-electron chi connectivity index (χ0n) is 16.2. The molecule has 1 saturated heterocycles. The van der Waals surface area contributed by atoms with E-state index in [-0.39, 0.29) is 5.91 Å². The molecule has 0 N–H and O–H groups in total. The number of rotatable bonds is 4. The summed E-state index contributed by atoms with van der Waals surface area (Å²) in [5, 5.41) is 12.8. The van der Waals surface area contributed by atoms with Crippen LogP contribution in [-0.4, -0.2) is 29.1 Å². The largest absolute Gasteiger partial charge is 0.457 e. The van der Waals surface area contributed by atoms with Gasteiger partial charge in [0.05, 0.1) is 17.3 Å². The van der Waals surface area contributed by atoms with Crippen molar-refractivity contribution in [3.05, 3.63) is 77.2 Å². The van der Waals surface area contributed by atoms with Gasteiger partial charge in [-0.1, -0.05) is 11.2 Å². The standard InChI is InChI=1S/C23H21N3O3/c1-16-13-22(29-25-16)18-9-11-26(12-10-18)23(27)19-3-2-4-21(14-19)28-20-7-5-17(15-24)6-8-20/h2-8,13-14,18H,9-12H2,1H3. The van der Waals surface area contributed by atoms with Crippen molar-refractivity contribution in [1.29, 1.82) is 5.26 Å². The van der Waals surface area contributed by atoms with Gasteiger partial charge in [-0.25, -0.2) is 0 Å². The fraction of sp³-hybridized carbons (Fsp3) is 0.261. The van der Waals surface area contributed by atoms with Gasteiger partial charge in [-0.3, -0.25) is 4.79 Å². The number of nitriles is 1. The van der Waals surface area contributed by atoms with Crippen molar-refractivity contribution in [2.45, 2.75) is 25.7 Å². The summed E-state index contributed by atoms with van der Waals surface area (Å²) in [6.45, 7) is 3.28. The van der Waals surface area contributed by atoms with Crippen molar-refractivity contribution in [3.8, 4) is 17.6 Å². The molecule has 6 heteroatoms. The van der Waals surface area contributed by atoms with Crippen LogP contribution in [-0.2, 0) is 0 Å². The molecule has 2 aromatic carbocycles. The van der Waals surface area contributed by atoms with Crippen LogP contribution in [0, 0.1) is 18.3 Å². The summed E-state index contributed by atoms with van der Waals surface area (Å²) in [5.41, 5.74) is 2.06. The van der Waals surface area contributed by atoms with Gasteiger partial charge in [-0.2, -0.15) is 5.26 Å². The van der Waals surface area contributed by atoms with Crippen LogP contribution in [0.1, 0.15) is 46.1 Å². The summed E-state index contributed by atoms with van der Waals surface area (Å²) in [4.78, 5) is 14.8. The molecule has 0 spiro atoms. The van der Waals surface area contributed by atoms with Gasteiger partial charge in [0.1, 0.15) is 17.3 Å². The fourth-order valence-electron chi connectivity index (χ4n) is 3.55. The van der Waals surface area contributed by atoms with Gasteiger partial charge in [0.25, 0.3) is 5.91 Å². The predicted molar refractivity (Wildman–Crippen MR) is 107 cm³/mol. The number of hydrogen-bond donors (Lipinski definition) is 0. The number of aryl methyl sites for hydroxylation is 1. The highest BCUT2D eigenvalue weighted by atomic mass is 16.5. The van der Waals surface area contributed by atoms with E-state index in [1.807, 2.05) is 30.0 Å². The molecule has 146 valence electrons. The van der Waals surface area contributed by atoms with Crippen LogP contribution in [0.2, 0.25) is 0 Å². The number of hydrogen-bond acceptors (Lipinski definition) is 5. The van der Waals surface area contributed by atoms with Crippen molar-refractivity contribution in [3.63, 3.8) is 0 Å². The zero-order valence-corrected chi connectivity index (χ0v) is 16.2. The predicted octanol–water partition coefficient (Wildman–Crippen LogP) is 4.67. The Balaban J connectivity index is 1.40. The lowest BCUT2D eigenvalue weighted by Gasteiger charge is -2.31. The summed E-state index contributed by atoms with van der Waals surface area (Å²) in [6.07, 6.45) is 1.73. The van der Waals surface area contributed by atoms with E-state index in [0.717, 1.165) is 24.3 Å². The van der Waals surface area contributed by atoms with Crippen molar-refractivity contribution in [2.75, 3.05) is 13.1 Å². The van der Waals surface area contributed by atoms with Gasteiger partial charge in [0.2, 0.25) is 0 Å². The number of ether oxygens (including phenoxy) is 1. The lowest BCUT2D eigenvalue weighted by Crippen LogP contribution is -2.37. The topological polar surface area (TPSA) is 79.4 Å². The van der Waals surface area contributed by atoms with E-state index in [1.165, 1.54) is 0 Å². The molecule has 29 heavy (non-hydrogen) atoms. The third-order valence-corrected chi connectivity index (χ3v) is 5.13. The monoisotopic (exact) mass is 387 g/mol. The van der Waals surface area contributed by atoms with Crippen LogP contribution in [0.15, 0.2) is 59.1 Å². The first-order valence-electron chi connectivity index (χ1n) is 9.63. The van der Waals surface area contributed by atoms with Gasteiger partial charge in [0, 0.05) is 30.6 Å². The molecule has 3 aromatic rings. The van der Waals surface area contributed by atoms with Crippen LogP contribution >= 0.6 is 0 Å². The van der Waals surface area contributed by atoms with Gasteiger partial charge in [-0.15, -0.1) is 0 Å². The molecule has 0 radical (unpaired) electrons. The van der Waals surface area contributed by atoms with Gasteiger partial charge in [-0.05, 0) is 62.2 Å². The highest BCUT2D eigenvalue weighted by Crippen LogP contribution is 2.30. The molecule has 1 aliphatic rings. The minimum absolute atomic E-state index is 0.00230. The first kappa shape index (κ1) is 18.8. The molecule has 0 saturated carbocycles. The third-order valence-electron chi connectivity index (χ3n) is 5.13. The number of amides is 1. The Morgan fingerprint density at radius 3 is 2.55 bits per heavy atom. The van der Waals surface area contributed by atoms with Crippen molar-refractivity contribution in [1.82, 2.24) is 10.1 Å². The zero-order chi connectivity index (χ0) is 20.2. The summed E-state index contributed by atoms with van der Waals surface area (Å²) < 4.78 is 11.2. The maximum absolute atomic E-state index is 12.9. The summed E-state index contributed by atoms with van der Waals surface area (Å²) in [7, 11) is 0. The Bertz CT molecular complexity index is 1040. The first-order valence-corrected chi connectivity index (χ1v) is 9.63. The SMILES string of the molecule is Cc1cc(C2CCN(C(=O)c3cccc(Oc4ccc(C#N)cc4)c3)CC2)on1. The lowest BCUT2D eigenvalue weighted by molar-refractivity contribution is 0.0705. The Kier molecular flexibility index (Phi) is 5.30. The maximum atomic E-state index is 12.9. The molecule has 0 aliphatic carbocycles. The van der Waals surface area contributed by atoms with E-state index in [0.29, 0.717) is 41.6 Å². The summed E-state index contributed by atoms with van der Waals surface area (Å²) in [6, 6.07) is 18.1. The first-order chi connectivity index (χ1) is 14.1. The maximum Gasteiger partial charge on any atom is 0.253 e. The normalized spacial score (nSPS) is 14.4. The highest BCUT2D eigenvalue weighted by Gasteiger charge is 2.26. The molecule has 1 aliphatic heterocycles. The van der Waals surface area contributed by atoms with E-state index in [4.69, 9.17) is 14.5 Å². The van der Waals surface area contributed by atoms with Crippen LogP contribution in [0.4, 0.5) is 0 Å². The number of aromatic nitrogens is 1. The average Bonchev–Trinajstić information content (AvgIpc) is 3.20. The van der Waals surface area contributed by atoms with E-state index in [1.54, 1.807) is 36.4 Å². The Morgan fingerprint density at radius 2 is 1.90 bits per heavy atom. The molecule has 4 rings (SSSR count). The summed E-state index contributed by atoms with van der Waals surface area (Å²) >= 11 is 0. The molecule has 1 aromatic heterocycles. The summed E-state index contributed by atoms with van der Waals surface area (Å²) in [5.74, 6) is 2.44. The molecular formula is C23H21N3O3. The van der Waals surface area contributed by atoms with Gasteiger partial charge in [0.15, 0.2) is 0 Å². The molecule has 0 unspecified atom stereocenters. The fourth-order valence-corrected chi connectivity index (χ4v) is 3.55. The van der Waals surface area contributed by atoms with Crippen molar-refractivity contribution in [2.24, 2.45) is 0 Å². The highest BCUT2D eigenvalue weighted by molar-refractivity contribution is 5.94. The van der Waals surface area contributed by atoms with Crippen molar-refractivity contribution < 1.29 is 14.1 Å². The van der Waals surface area contributed by atoms with Crippen LogP contribution < -0.4 is 4.74 Å².